The van der Waals surface area contributed by atoms with Crippen LogP contribution in [0.15, 0.2) is 53.4 Å². The molecule has 0 aromatic heterocycles. The van der Waals surface area contributed by atoms with Gasteiger partial charge in [0.1, 0.15) is 0 Å². The van der Waals surface area contributed by atoms with E-state index in [0.29, 0.717) is 12.1 Å². The summed E-state index contributed by atoms with van der Waals surface area (Å²) in [6, 6.07) is 14.3. The van der Waals surface area contributed by atoms with E-state index in [2.05, 4.69) is 23.8 Å². The van der Waals surface area contributed by atoms with Crippen molar-refractivity contribution in [2.24, 2.45) is 0 Å². The minimum atomic E-state index is -3.49. The van der Waals surface area contributed by atoms with Crippen molar-refractivity contribution in [2.75, 3.05) is 13.6 Å². The second-order valence-electron chi connectivity index (χ2n) is 6.25. The Labute approximate surface area is 148 Å². The molecule has 1 unspecified atom stereocenters. The molecule has 1 saturated heterocycles. The fourth-order valence-electron chi connectivity index (χ4n) is 3.35. The van der Waals surface area contributed by atoms with Crippen molar-refractivity contribution >= 4 is 15.9 Å². The number of carbonyl (C=O) groups excluding carboxylic acids is 1. The number of nitrogens with one attached hydrogen (secondary N) is 1. The lowest BCUT2D eigenvalue weighted by Gasteiger charge is -2.26. The number of hydrogen-bond donors (Lipinski definition) is 1. The van der Waals surface area contributed by atoms with E-state index in [1.807, 2.05) is 17.0 Å². The summed E-state index contributed by atoms with van der Waals surface area (Å²) in [5, 5.41) is 0. The Morgan fingerprint density at radius 1 is 1.12 bits per heavy atom. The van der Waals surface area contributed by atoms with Gasteiger partial charge in [0.05, 0.1) is 10.9 Å². The second kappa shape index (κ2) is 6.98. The normalized spacial score (nSPS) is 17.7. The molecular weight excluding hydrogens is 336 g/mol. The van der Waals surface area contributed by atoms with Gasteiger partial charge in [-0.15, -0.1) is 0 Å². The molecule has 1 heterocycles. The molecule has 1 amide bonds. The number of aryl methyl sites for hydroxylation is 1. The first-order chi connectivity index (χ1) is 11.9. The standard InChI is InChI=1S/C19H22N2O3S/c1-14-6-3-4-7-17(14)18-8-5-13-21(18)19(22)15-9-11-16(12-10-15)25(23,24)20-2/h3-4,6-7,9-12,18,20H,5,8,13H2,1-2H3. The summed E-state index contributed by atoms with van der Waals surface area (Å²) in [5.41, 5.74) is 2.88. The lowest BCUT2D eigenvalue weighted by Crippen LogP contribution is -2.31. The molecule has 1 aliphatic heterocycles. The predicted molar refractivity (Wildman–Crippen MR) is 96.9 cm³/mol. The molecule has 0 saturated carbocycles. The van der Waals surface area contributed by atoms with Crippen molar-refractivity contribution in [1.29, 1.82) is 0 Å². The van der Waals surface area contributed by atoms with Crippen molar-refractivity contribution in [1.82, 2.24) is 9.62 Å². The molecule has 2 aromatic rings. The van der Waals surface area contributed by atoms with E-state index in [9.17, 15) is 13.2 Å². The van der Waals surface area contributed by atoms with Gasteiger partial charge in [0, 0.05) is 12.1 Å². The van der Waals surface area contributed by atoms with Crippen molar-refractivity contribution in [3.8, 4) is 0 Å². The van der Waals surface area contributed by atoms with Gasteiger partial charge in [0.25, 0.3) is 5.91 Å². The van der Waals surface area contributed by atoms with E-state index in [1.165, 1.54) is 30.3 Å². The zero-order valence-corrected chi connectivity index (χ0v) is 15.2. The molecule has 1 fully saturated rings. The van der Waals surface area contributed by atoms with Gasteiger partial charge in [0.2, 0.25) is 10.0 Å². The van der Waals surface area contributed by atoms with E-state index in [1.54, 1.807) is 12.1 Å². The van der Waals surface area contributed by atoms with Crippen LogP contribution in [0.1, 0.15) is 40.4 Å². The Kier molecular flexibility index (Phi) is 4.92. The summed E-state index contributed by atoms with van der Waals surface area (Å²) in [6.07, 6.45) is 1.92. The van der Waals surface area contributed by atoms with Gasteiger partial charge in [-0.2, -0.15) is 0 Å². The van der Waals surface area contributed by atoms with Crippen LogP contribution in [-0.2, 0) is 10.0 Å². The highest BCUT2D eigenvalue weighted by Gasteiger charge is 2.31. The summed E-state index contributed by atoms with van der Waals surface area (Å²) in [4.78, 5) is 15.0. The summed E-state index contributed by atoms with van der Waals surface area (Å²) < 4.78 is 25.9. The average Bonchev–Trinajstić information content (AvgIpc) is 3.11. The molecule has 1 atom stereocenters. The first kappa shape index (κ1) is 17.6. The summed E-state index contributed by atoms with van der Waals surface area (Å²) >= 11 is 0. The number of nitrogens with zero attached hydrogens (tertiary/aromatic N) is 1. The third kappa shape index (κ3) is 3.45. The minimum Gasteiger partial charge on any atom is -0.332 e. The smallest absolute Gasteiger partial charge is 0.254 e. The molecule has 5 nitrogen and oxygen atoms in total. The molecule has 25 heavy (non-hydrogen) atoms. The maximum Gasteiger partial charge on any atom is 0.254 e. The van der Waals surface area contributed by atoms with Gasteiger partial charge in [-0.3, -0.25) is 4.79 Å². The number of benzene rings is 2. The number of hydrogen-bond acceptors (Lipinski definition) is 3. The van der Waals surface area contributed by atoms with E-state index in [0.717, 1.165) is 12.8 Å². The van der Waals surface area contributed by atoms with E-state index >= 15 is 0 Å². The highest BCUT2D eigenvalue weighted by molar-refractivity contribution is 7.89. The van der Waals surface area contributed by atoms with Crippen LogP contribution in [0.5, 0.6) is 0 Å². The maximum absolute atomic E-state index is 12.9. The van der Waals surface area contributed by atoms with Crippen LogP contribution in [-0.4, -0.2) is 32.8 Å². The maximum atomic E-state index is 12.9. The monoisotopic (exact) mass is 358 g/mol. The van der Waals surface area contributed by atoms with E-state index in [4.69, 9.17) is 0 Å². The Balaban J connectivity index is 1.86. The zero-order chi connectivity index (χ0) is 18.0. The molecule has 0 aliphatic carbocycles. The highest BCUT2D eigenvalue weighted by Crippen LogP contribution is 2.34. The van der Waals surface area contributed by atoms with Crippen molar-refractivity contribution < 1.29 is 13.2 Å². The molecule has 1 N–H and O–H groups in total. The highest BCUT2D eigenvalue weighted by atomic mass is 32.2. The second-order valence-corrected chi connectivity index (χ2v) is 8.13. The molecule has 6 heteroatoms. The van der Waals surface area contributed by atoms with Crippen LogP contribution in [0, 0.1) is 6.92 Å². The number of carbonyl (C=O) groups is 1. The van der Waals surface area contributed by atoms with Crippen LogP contribution in [0.2, 0.25) is 0 Å². The SMILES string of the molecule is CNS(=O)(=O)c1ccc(C(=O)N2CCCC2c2ccccc2C)cc1. The lowest BCUT2D eigenvalue weighted by molar-refractivity contribution is 0.0735. The first-order valence-corrected chi connectivity index (χ1v) is 9.82. The molecule has 0 bridgehead atoms. The quantitative estimate of drug-likeness (QED) is 0.914. The van der Waals surface area contributed by atoms with Crippen LogP contribution in [0.3, 0.4) is 0 Å². The predicted octanol–water partition coefficient (Wildman–Crippen LogP) is 2.88. The molecule has 3 rings (SSSR count). The van der Waals surface area contributed by atoms with Crippen LogP contribution >= 0.6 is 0 Å². The van der Waals surface area contributed by atoms with Crippen LogP contribution in [0.4, 0.5) is 0 Å². The minimum absolute atomic E-state index is 0.0563. The first-order valence-electron chi connectivity index (χ1n) is 8.34. The Bertz CT molecular complexity index is 876. The van der Waals surface area contributed by atoms with Crippen molar-refractivity contribution in [2.45, 2.75) is 30.7 Å². The van der Waals surface area contributed by atoms with Gasteiger partial charge in [-0.1, -0.05) is 24.3 Å². The number of sulfonamides is 1. The van der Waals surface area contributed by atoms with Gasteiger partial charge in [0.15, 0.2) is 0 Å². The molecule has 2 aromatic carbocycles. The van der Waals surface area contributed by atoms with Crippen molar-refractivity contribution in [3.05, 3.63) is 65.2 Å². The van der Waals surface area contributed by atoms with E-state index < -0.39 is 10.0 Å². The largest absolute Gasteiger partial charge is 0.332 e. The van der Waals surface area contributed by atoms with Crippen LogP contribution < -0.4 is 4.72 Å². The van der Waals surface area contributed by atoms with Gasteiger partial charge < -0.3 is 4.90 Å². The fourth-order valence-corrected chi connectivity index (χ4v) is 4.08. The Hall–Kier alpha value is -2.18. The molecule has 0 spiro atoms. The van der Waals surface area contributed by atoms with Gasteiger partial charge in [-0.25, -0.2) is 13.1 Å². The topological polar surface area (TPSA) is 66.5 Å². The Morgan fingerprint density at radius 3 is 2.44 bits per heavy atom. The Morgan fingerprint density at radius 2 is 1.80 bits per heavy atom. The molecule has 132 valence electrons. The third-order valence-corrected chi connectivity index (χ3v) is 6.17. The molecule has 0 radical (unpaired) electrons. The number of likely N-dealkylation sites (tertiary alicyclic amines) is 1. The third-order valence-electron chi connectivity index (χ3n) is 4.74. The number of amides is 1. The van der Waals surface area contributed by atoms with Crippen molar-refractivity contribution in [3.63, 3.8) is 0 Å². The summed E-state index contributed by atoms with van der Waals surface area (Å²) in [5.74, 6) is -0.0563. The van der Waals surface area contributed by atoms with Gasteiger partial charge in [-0.05, 0) is 62.2 Å². The van der Waals surface area contributed by atoms with E-state index in [-0.39, 0.29) is 16.8 Å². The van der Waals surface area contributed by atoms with Crippen LogP contribution in [0.25, 0.3) is 0 Å². The lowest BCUT2D eigenvalue weighted by atomic mass is 9.99. The summed E-state index contributed by atoms with van der Waals surface area (Å²) in [6.45, 7) is 2.78. The molecule has 1 aliphatic rings. The average molecular weight is 358 g/mol. The molecular formula is C19H22N2O3S. The fraction of sp³-hybridized carbons (Fsp3) is 0.316. The zero-order valence-electron chi connectivity index (χ0n) is 14.4. The van der Waals surface area contributed by atoms with Gasteiger partial charge >= 0.3 is 0 Å². The summed E-state index contributed by atoms with van der Waals surface area (Å²) in [7, 11) is -2.13. The number of rotatable bonds is 4.